The van der Waals surface area contributed by atoms with Gasteiger partial charge in [-0.15, -0.1) is 0 Å². The molecule has 2 aliphatic rings. The molecule has 1 saturated heterocycles. The first kappa shape index (κ1) is 45.1. The third-order valence-corrected chi connectivity index (χ3v) is 8.45. The summed E-state index contributed by atoms with van der Waals surface area (Å²) in [7, 11) is 0. The number of nitrogens with zero attached hydrogens (tertiary/aromatic N) is 1. The van der Waals surface area contributed by atoms with Crippen molar-refractivity contribution in [3.05, 3.63) is 69.8 Å². The molecule has 1 amide bonds. The number of amides is 1. The van der Waals surface area contributed by atoms with Crippen LogP contribution in [0.1, 0.15) is 134 Å². The molecule has 3 nitrogen and oxygen atoms in total. The molecular formula is C36H52F9NO2. The highest BCUT2D eigenvalue weighted by Gasteiger charge is 2.43. The van der Waals surface area contributed by atoms with Gasteiger partial charge in [-0.2, -0.15) is 39.5 Å². The Morgan fingerprint density at radius 2 is 1.27 bits per heavy atom. The number of halogens is 9. The zero-order valence-electron chi connectivity index (χ0n) is 28.4. The summed E-state index contributed by atoms with van der Waals surface area (Å²) < 4.78 is 123. The first-order valence-corrected chi connectivity index (χ1v) is 16.3. The van der Waals surface area contributed by atoms with Crippen molar-refractivity contribution >= 4 is 6.09 Å². The molecule has 1 heterocycles. The SMILES string of the molecule is C.CC.CC.CCC(C)C1CCCCC1.Cc1ccc(C(F)(F)F)cc1CN1C(=O)OC(c2cc(C(F)(F)F)cc(C(F)(F)F)c2)C1C. The number of rotatable bonds is 5. The third kappa shape index (κ3) is 12.5. The average Bonchev–Trinajstić information content (AvgIpc) is 3.31. The van der Waals surface area contributed by atoms with E-state index < -0.39 is 59.0 Å². The van der Waals surface area contributed by atoms with Gasteiger partial charge in [0.2, 0.25) is 0 Å². The molecule has 0 N–H and O–H groups in total. The van der Waals surface area contributed by atoms with Gasteiger partial charge in [0.15, 0.2) is 0 Å². The van der Waals surface area contributed by atoms with Gasteiger partial charge < -0.3 is 4.74 Å². The molecule has 3 unspecified atom stereocenters. The third-order valence-electron chi connectivity index (χ3n) is 8.45. The van der Waals surface area contributed by atoms with Gasteiger partial charge in [0.25, 0.3) is 0 Å². The molecule has 3 atom stereocenters. The van der Waals surface area contributed by atoms with Gasteiger partial charge in [0.05, 0.1) is 22.7 Å². The minimum atomic E-state index is -5.09. The van der Waals surface area contributed by atoms with Crippen molar-refractivity contribution in [1.29, 1.82) is 0 Å². The van der Waals surface area contributed by atoms with E-state index in [1.807, 2.05) is 27.7 Å². The maximum Gasteiger partial charge on any atom is 0.416 e. The van der Waals surface area contributed by atoms with Gasteiger partial charge in [-0.05, 0) is 72.7 Å². The minimum absolute atomic E-state index is 0. The second-order valence-corrected chi connectivity index (χ2v) is 11.4. The Balaban J connectivity index is 0.00000124. The van der Waals surface area contributed by atoms with E-state index in [4.69, 9.17) is 4.74 Å². The molecule has 2 fully saturated rings. The fourth-order valence-corrected chi connectivity index (χ4v) is 5.54. The maximum absolute atomic E-state index is 13.2. The van der Waals surface area contributed by atoms with E-state index in [1.165, 1.54) is 58.4 Å². The molecule has 12 heteroatoms. The van der Waals surface area contributed by atoms with Gasteiger partial charge in [-0.25, -0.2) is 4.79 Å². The Hall–Kier alpha value is -2.92. The average molecular weight is 702 g/mol. The summed E-state index contributed by atoms with van der Waals surface area (Å²) in [6, 6.07) is 2.70. The Bertz CT molecular complexity index is 1220. The summed E-state index contributed by atoms with van der Waals surface area (Å²) in [6.07, 6.45) is -8.50. The van der Waals surface area contributed by atoms with E-state index in [1.54, 1.807) is 0 Å². The molecule has 1 aliphatic carbocycles. The van der Waals surface area contributed by atoms with Gasteiger partial charge >= 0.3 is 24.6 Å². The molecule has 1 saturated carbocycles. The summed E-state index contributed by atoms with van der Waals surface area (Å²) in [5, 5.41) is 0. The smallest absolute Gasteiger partial charge is 0.416 e. The fraction of sp³-hybridized carbons (Fsp3) is 0.639. The Morgan fingerprint density at radius 1 is 0.792 bits per heavy atom. The molecule has 0 radical (unpaired) electrons. The second-order valence-electron chi connectivity index (χ2n) is 11.4. The normalized spacial score (nSPS) is 18.9. The fourth-order valence-electron chi connectivity index (χ4n) is 5.54. The van der Waals surface area contributed by atoms with E-state index in [9.17, 15) is 44.3 Å². The number of carbonyl (C=O) groups is 1. The highest BCUT2D eigenvalue weighted by atomic mass is 19.4. The van der Waals surface area contributed by atoms with Crippen LogP contribution in [0.4, 0.5) is 44.3 Å². The molecule has 0 aromatic heterocycles. The molecule has 276 valence electrons. The van der Waals surface area contributed by atoms with Crippen LogP contribution >= 0.6 is 0 Å². The minimum Gasteiger partial charge on any atom is -0.439 e. The predicted molar refractivity (Wildman–Crippen MR) is 172 cm³/mol. The lowest BCUT2D eigenvalue weighted by atomic mass is 9.80. The van der Waals surface area contributed by atoms with Crippen molar-refractivity contribution in [3.8, 4) is 0 Å². The van der Waals surface area contributed by atoms with Crippen molar-refractivity contribution in [3.63, 3.8) is 0 Å². The van der Waals surface area contributed by atoms with Crippen LogP contribution < -0.4 is 0 Å². The number of cyclic esters (lactones) is 1. The first-order valence-electron chi connectivity index (χ1n) is 16.3. The zero-order valence-corrected chi connectivity index (χ0v) is 28.4. The van der Waals surface area contributed by atoms with Crippen LogP contribution in [0, 0.1) is 18.8 Å². The number of carbonyl (C=O) groups excluding carboxylic acids is 1. The number of ether oxygens (including phenoxy) is 1. The molecule has 4 rings (SSSR count). The van der Waals surface area contributed by atoms with Crippen molar-refractivity contribution in [2.45, 2.75) is 139 Å². The number of hydrogen-bond donors (Lipinski definition) is 0. The Labute approximate surface area is 280 Å². The Morgan fingerprint density at radius 3 is 1.71 bits per heavy atom. The molecule has 2 aromatic rings. The number of benzene rings is 2. The quantitative estimate of drug-likeness (QED) is 0.291. The molecule has 1 aliphatic heterocycles. The van der Waals surface area contributed by atoms with Crippen molar-refractivity contribution in [2.24, 2.45) is 11.8 Å². The summed E-state index contributed by atoms with van der Waals surface area (Å²) >= 11 is 0. The molecule has 0 bridgehead atoms. The zero-order chi connectivity index (χ0) is 36.3. The van der Waals surface area contributed by atoms with Crippen molar-refractivity contribution in [2.75, 3.05) is 0 Å². The van der Waals surface area contributed by atoms with Crippen LogP contribution in [0.5, 0.6) is 0 Å². The van der Waals surface area contributed by atoms with Crippen LogP contribution in [0.2, 0.25) is 0 Å². The maximum atomic E-state index is 13.2. The lowest BCUT2D eigenvalue weighted by Crippen LogP contribution is -2.32. The number of aryl methyl sites for hydroxylation is 1. The highest BCUT2D eigenvalue weighted by Crippen LogP contribution is 2.41. The summed E-state index contributed by atoms with van der Waals surface area (Å²) in [5.74, 6) is 2.05. The largest absolute Gasteiger partial charge is 0.439 e. The van der Waals surface area contributed by atoms with Crippen LogP contribution in [-0.2, 0) is 29.8 Å². The lowest BCUT2D eigenvalue weighted by Gasteiger charge is -2.26. The van der Waals surface area contributed by atoms with Crippen LogP contribution in [0.3, 0.4) is 0 Å². The highest BCUT2D eigenvalue weighted by molar-refractivity contribution is 5.71. The number of hydrogen-bond acceptors (Lipinski definition) is 2. The first-order chi connectivity index (χ1) is 21.8. The van der Waals surface area contributed by atoms with E-state index >= 15 is 0 Å². The van der Waals surface area contributed by atoms with E-state index in [0.717, 1.165) is 28.9 Å². The monoisotopic (exact) mass is 701 g/mol. The van der Waals surface area contributed by atoms with Crippen LogP contribution in [0.15, 0.2) is 36.4 Å². The van der Waals surface area contributed by atoms with Crippen molar-refractivity contribution in [1.82, 2.24) is 4.90 Å². The number of alkyl halides is 9. The molecular weight excluding hydrogens is 649 g/mol. The summed E-state index contributed by atoms with van der Waals surface area (Å²) in [4.78, 5) is 13.3. The summed E-state index contributed by atoms with van der Waals surface area (Å²) in [6.45, 7) is 15.2. The molecule has 48 heavy (non-hydrogen) atoms. The van der Waals surface area contributed by atoms with Crippen LogP contribution in [-0.4, -0.2) is 17.0 Å². The van der Waals surface area contributed by atoms with Gasteiger partial charge in [0.1, 0.15) is 6.10 Å². The second kappa shape index (κ2) is 19.3. The topological polar surface area (TPSA) is 29.5 Å². The van der Waals surface area contributed by atoms with E-state index in [2.05, 4.69) is 13.8 Å². The Kier molecular flexibility index (Phi) is 18.1. The lowest BCUT2D eigenvalue weighted by molar-refractivity contribution is -0.143. The van der Waals surface area contributed by atoms with Gasteiger partial charge in [0, 0.05) is 6.54 Å². The van der Waals surface area contributed by atoms with Crippen LogP contribution in [0.25, 0.3) is 0 Å². The van der Waals surface area contributed by atoms with E-state index in [-0.39, 0.29) is 25.6 Å². The van der Waals surface area contributed by atoms with Crippen molar-refractivity contribution < 1.29 is 49.0 Å². The predicted octanol–water partition coefficient (Wildman–Crippen LogP) is 13.4. The van der Waals surface area contributed by atoms with Gasteiger partial charge in [-0.1, -0.05) is 93.6 Å². The standard InChI is InChI=1S/C21H16F9NO2.C10H20.2C2H6.CH4/c1-10-3-4-14(19(22,23)24)7-13(10)9-31-11(2)17(33-18(31)32)12-5-15(20(25,26)27)8-16(6-12)21(28,29)30;1-3-9(2)10-7-5-4-6-8-10;2*1-2;/h3-8,11,17H,9H2,1-2H3;9-10H,3-8H2,1-2H3;2*1-2H3;1H4. The molecule has 2 aromatic carbocycles. The summed E-state index contributed by atoms with van der Waals surface area (Å²) in [5.41, 5.74) is -4.11. The van der Waals surface area contributed by atoms with E-state index in [0.29, 0.717) is 17.7 Å². The van der Waals surface area contributed by atoms with Gasteiger partial charge in [-0.3, -0.25) is 4.90 Å². The molecule has 0 spiro atoms.